The lowest BCUT2D eigenvalue weighted by atomic mass is 9.85. The van der Waals surface area contributed by atoms with Gasteiger partial charge in [0, 0.05) is 19.5 Å². The maximum Gasteiger partial charge on any atom is 0.306 e. The number of likely N-dealkylation sites (N-methyl/N-ethyl adjacent to an activating group) is 1. The number of rotatable bonds is 13. The maximum absolute atomic E-state index is 13.6. The molecule has 2 amide bonds. The van der Waals surface area contributed by atoms with Gasteiger partial charge in [-0.3, -0.25) is 19.4 Å². The molecule has 7 heteroatoms. The lowest BCUT2D eigenvalue weighted by Crippen LogP contribution is -2.59. The van der Waals surface area contributed by atoms with E-state index in [1.54, 1.807) is 7.05 Å². The zero-order valence-electron chi connectivity index (χ0n) is 20.4. The topological polar surface area (TPSA) is 98.7 Å². The van der Waals surface area contributed by atoms with Gasteiger partial charge in [0.1, 0.15) is 6.04 Å². The predicted octanol–water partition coefficient (Wildman–Crippen LogP) is 3.71. The van der Waals surface area contributed by atoms with E-state index in [9.17, 15) is 19.5 Å². The van der Waals surface area contributed by atoms with Crippen molar-refractivity contribution in [3.8, 4) is 0 Å². The van der Waals surface area contributed by atoms with Crippen molar-refractivity contribution in [2.24, 2.45) is 11.8 Å². The first kappa shape index (κ1) is 26.8. The molecule has 3 atom stereocenters. The van der Waals surface area contributed by atoms with Crippen molar-refractivity contribution >= 4 is 17.8 Å². The van der Waals surface area contributed by atoms with Crippen LogP contribution in [0.5, 0.6) is 0 Å². The molecule has 184 valence electrons. The summed E-state index contributed by atoms with van der Waals surface area (Å²) in [6, 6.07) is 7.90. The molecule has 0 aromatic heterocycles. The molecule has 7 nitrogen and oxygen atoms in total. The molecule has 1 aromatic rings. The Bertz CT molecular complexity index is 765. The summed E-state index contributed by atoms with van der Waals surface area (Å²) in [6.45, 7) is 4.82. The Morgan fingerprint density at radius 1 is 1.06 bits per heavy atom. The summed E-state index contributed by atoms with van der Waals surface area (Å²) in [4.78, 5) is 37.9. The summed E-state index contributed by atoms with van der Waals surface area (Å²) in [5.41, 5.74) is 5.54. The van der Waals surface area contributed by atoms with Crippen LogP contribution in [-0.2, 0) is 27.2 Å². The minimum Gasteiger partial charge on any atom is -0.481 e. The van der Waals surface area contributed by atoms with Crippen molar-refractivity contribution in [2.45, 2.75) is 84.1 Å². The maximum atomic E-state index is 13.6. The van der Waals surface area contributed by atoms with Gasteiger partial charge in [-0.15, -0.1) is 0 Å². The minimum atomic E-state index is -0.848. The van der Waals surface area contributed by atoms with Gasteiger partial charge in [0.25, 0.3) is 0 Å². The van der Waals surface area contributed by atoms with E-state index >= 15 is 0 Å². The Kier molecular flexibility index (Phi) is 11.4. The third-order valence-electron chi connectivity index (χ3n) is 6.55. The molecule has 1 heterocycles. The second kappa shape index (κ2) is 14.0. The molecular formula is C26H41N3O4. The van der Waals surface area contributed by atoms with Crippen LogP contribution in [0.1, 0.15) is 76.3 Å². The van der Waals surface area contributed by atoms with Gasteiger partial charge in [-0.05, 0) is 56.1 Å². The summed E-state index contributed by atoms with van der Waals surface area (Å²) >= 11 is 0. The second-order valence-corrected chi connectivity index (χ2v) is 9.10. The minimum absolute atomic E-state index is 0.173. The molecular weight excluding hydrogens is 418 g/mol. The van der Waals surface area contributed by atoms with E-state index in [-0.39, 0.29) is 11.8 Å². The average molecular weight is 460 g/mol. The zero-order chi connectivity index (χ0) is 24.2. The lowest BCUT2D eigenvalue weighted by molar-refractivity contribution is -0.151. The average Bonchev–Trinajstić information content (AvgIpc) is 2.83. The van der Waals surface area contributed by atoms with Crippen molar-refractivity contribution in [1.82, 2.24) is 15.8 Å². The van der Waals surface area contributed by atoms with Gasteiger partial charge in [0.05, 0.1) is 5.92 Å². The fourth-order valence-electron chi connectivity index (χ4n) is 4.56. The highest BCUT2D eigenvalue weighted by Crippen LogP contribution is 2.26. The van der Waals surface area contributed by atoms with E-state index in [1.165, 1.54) is 10.6 Å². The van der Waals surface area contributed by atoms with Crippen LogP contribution < -0.4 is 10.7 Å². The highest BCUT2D eigenvalue weighted by atomic mass is 16.4. The van der Waals surface area contributed by atoms with E-state index in [0.717, 1.165) is 37.7 Å². The summed E-state index contributed by atoms with van der Waals surface area (Å²) < 4.78 is 0. The third-order valence-corrected chi connectivity index (χ3v) is 6.55. The molecule has 1 aliphatic heterocycles. The number of carboxylic acids is 1. The van der Waals surface area contributed by atoms with Crippen molar-refractivity contribution in [2.75, 3.05) is 13.6 Å². The number of hydrogen-bond acceptors (Lipinski definition) is 4. The number of aliphatic carboxylic acids is 1. The van der Waals surface area contributed by atoms with Crippen molar-refractivity contribution in [3.05, 3.63) is 35.4 Å². The number of nitrogens with zero attached hydrogens (tertiary/aromatic N) is 1. The molecule has 0 bridgehead atoms. The molecule has 3 unspecified atom stereocenters. The normalized spacial score (nSPS) is 17.9. The number of aryl methyl sites for hydroxylation is 2. The van der Waals surface area contributed by atoms with Crippen LogP contribution in [0.2, 0.25) is 0 Å². The number of benzene rings is 1. The molecule has 1 fully saturated rings. The van der Waals surface area contributed by atoms with Gasteiger partial charge >= 0.3 is 5.97 Å². The van der Waals surface area contributed by atoms with Crippen LogP contribution >= 0.6 is 0 Å². The first-order valence-electron chi connectivity index (χ1n) is 12.5. The number of unbranched alkanes of at least 4 members (excludes halogenated alkanes) is 1. The summed E-state index contributed by atoms with van der Waals surface area (Å²) in [7, 11) is 1.57. The fourth-order valence-corrected chi connectivity index (χ4v) is 4.56. The Morgan fingerprint density at radius 2 is 1.73 bits per heavy atom. The van der Waals surface area contributed by atoms with Gasteiger partial charge in [0.15, 0.2) is 0 Å². The van der Waals surface area contributed by atoms with Crippen LogP contribution in [0.15, 0.2) is 24.3 Å². The van der Waals surface area contributed by atoms with Crippen LogP contribution in [0.3, 0.4) is 0 Å². The van der Waals surface area contributed by atoms with Crippen molar-refractivity contribution < 1.29 is 19.5 Å². The van der Waals surface area contributed by atoms with Gasteiger partial charge in [-0.2, -0.15) is 0 Å². The fraction of sp³-hybridized carbons (Fsp3) is 0.654. The van der Waals surface area contributed by atoms with E-state index < -0.39 is 23.8 Å². The molecule has 3 N–H and O–H groups in total. The lowest BCUT2D eigenvalue weighted by Gasteiger charge is -2.37. The van der Waals surface area contributed by atoms with Crippen molar-refractivity contribution in [3.63, 3.8) is 0 Å². The molecule has 0 saturated carbocycles. The quantitative estimate of drug-likeness (QED) is 0.418. The standard InChI is InChI=1S/C26H41N3O4/c1-4-6-9-22(26(32)33)18-21(16-15-20-13-11-19(8-5-2)12-14-20)25(31)29-23(24(30)27-3)10-7-17-28-29/h11-14,21-23,28H,4-10,15-18H2,1-3H3,(H,27,30)(H,32,33). The largest absolute Gasteiger partial charge is 0.481 e. The smallest absolute Gasteiger partial charge is 0.306 e. The van der Waals surface area contributed by atoms with Crippen LogP contribution in [0.25, 0.3) is 0 Å². The number of amides is 2. The van der Waals surface area contributed by atoms with Crippen LogP contribution in [0, 0.1) is 11.8 Å². The van der Waals surface area contributed by atoms with Gasteiger partial charge in [-0.25, -0.2) is 5.43 Å². The summed E-state index contributed by atoms with van der Waals surface area (Å²) in [6.07, 6.45) is 7.39. The molecule has 33 heavy (non-hydrogen) atoms. The summed E-state index contributed by atoms with van der Waals surface area (Å²) in [5, 5.41) is 13.9. The van der Waals surface area contributed by atoms with Gasteiger partial charge in [-0.1, -0.05) is 57.4 Å². The number of hydrazine groups is 1. The Labute approximate surface area is 198 Å². The number of carbonyl (C=O) groups is 3. The molecule has 0 radical (unpaired) electrons. The first-order chi connectivity index (χ1) is 15.9. The van der Waals surface area contributed by atoms with Crippen LogP contribution in [0.4, 0.5) is 0 Å². The third kappa shape index (κ3) is 8.14. The highest BCUT2D eigenvalue weighted by Gasteiger charge is 2.36. The van der Waals surface area contributed by atoms with E-state index in [4.69, 9.17) is 0 Å². The molecule has 0 aliphatic carbocycles. The zero-order valence-corrected chi connectivity index (χ0v) is 20.4. The second-order valence-electron chi connectivity index (χ2n) is 9.10. The molecule has 1 aromatic carbocycles. The highest BCUT2D eigenvalue weighted by molar-refractivity contribution is 5.88. The van der Waals surface area contributed by atoms with Gasteiger partial charge in [0.2, 0.25) is 11.8 Å². The number of carboxylic acid groups (broad SMARTS) is 1. The SMILES string of the molecule is CCCCC(CC(CCc1ccc(CCC)cc1)C(=O)N1NCCCC1C(=O)NC)C(=O)O. The van der Waals surface area contributed by atoms with Crippen molar-refractivity contribution in [1.29, 1.82) is 0 Å². The van der Waals surface area contributed by atoms with Crippen LogP contribution in [-0.4, -0.2) is 47.5 Å². The number of nitrogens with one attached hydrogen (secondary N) is 2. The first-order valence-corrected chi connectivity index (χ1v) is 12.5. The molecule has 1 aliphatic rings. The van der Waals surface area contributed by atoms with E-state index in [1.807, 2.05) is 6.92 Å². The molecule has 1 saturated heterocycles. The Morgan fingerprint density at radius 3 is 2.30 bits per heavy atom. The molecule has 0 spiro atoms. The number of carbonyl (C=O) groups excluding carboxylic acids is 2. The Balaban J connectivity index is 2.19. The summed E-state index contributed by atoms with van der Waals surface area (Å²) in [5.74, 6) is -2.24. The number of hydrogen-bond donors (Lipinski definition) is 3. The van der Waals surface area contributed by atoms with E-state index in [0.29, 0.717) is 38.6 Å². The van der Waals surface area contributed by atoms with E-state index in [2.05, 4.69) is 41.9 Å². The van der Waals surface area contributed by atoms with Gasteiger partial charge < -0.3 is 10.4 Å². The molecule has 2 rings (SSSR count). The predicted molar refractivity (Wildman–Crippen MR) is 129 cm³/mol. The Hall–Kier alpha value is -2.41. The monoisotopic (exact) mass is 459 g/mol.